The number of hydrogen-bond acceptors (Lipinski definition) is 4. The van der Waals surface area contributed by atoms with Crippen LogP contribution in [0.4, 0.5) is 11.4 Å². The van der Waals surface area contributed by atoms with E-state index in [-0.39, 0.29) is 5.91 Å². The fraction of sp³-hybridized carbons (Fsp3) is 0.500. The minimum absolute atomic E-state index is 0.0360. The minimum atomic E-state index is 0.0360. The van der Waals surface area contributed by atoms with Gasteiger partial charge >= 0.3 is 0 Å². The number of para-hydroxylation sites is 1. The van der Waals surface area contributed by atoms with Gasteiger partial charge in [0.1, 0.15) is 0 Å². The Bertz CT molecular complexity index is 737. The third-order valence-corrected chi connectivity index (χ3v) is 5.07. The number of carbonyl (C=O) groups is 1. The Morgan fingerprint density at radius 2 is 2.04 bits per heavy atom. The van der Waals surface area contributed by atoms with Gasteiger partial charge in [0.05, 0.1) is 11.9 Å². The van der Waals surface area contributed by atoms with Crippen LogP contribution >= 0.6 is 0 Å². The summed E-state index contributed by atoms with van der Waals surface area (Å²) in [5.41, 5.74) is 3.22. The van der Waals surface area contributed by atoms with Crippen LogP contribution in [0, 0.1) is 0 Å². The van der Waals surface area contributed by atoms with Crippen LogP contribution in [0.25, 0.3) is 0 Å². The van der Waals surface area contributed by atoms with Gasteiger partial charge in [0.25, 0.3) is 0 Å². The summed E-state index contributed by atoms with van der Waals surface area (Å²) in [5.74, 6) is 0.0360. The number of aromatic nitrogens is 2. The zero-order valence-electron chi connectivity index (χ0n) is 15.9. The lowest BCUT2D eigenvalue weighted by Gasteiger charge is -2.36. The van der Waals surface area contributed by atoms with Gasteiger partial charge < -0.3 is 14.5 Å². The first-order valence-corrected chi connectivity index (χ1v) is 9.29. The highest BCUT2D eigenvalue weighted by molar-refractivity contribution is 5.91. The number of anilines is 2. The fourth-order valence-corrected chi connectivity index (χ4v) is 3.43. The van der Waals surface area contributed by atoms with Crippen LogP contribution < -0.4 is 9.80 Å². The van der Waals surface area contributed by atoms with Crippen molar-refractivity contribution in [3.05, 3.63) is 42.2 Å². The summed E-state index contributed by atoms with van der Waals surface area (Å²) in [6.45, 7) is 6.86. The number of hydrogen-bond donors (Lipinski definition) is 0. The van der Waals surface area contributed by atoms with Crippen molar-refractivity contribution >= 4 is 17.3 Å². The van der Waals surface area contributed by atoms with Crippen LogP contribution in [0.1, 0.15) is 32.3 Å². The quantitative estimate of drug-likeness (QED) is 0.798. The van der Waals surface area contributed by atoms with E-state index >= 15 is 0 Å². The number of aryl methyl sites for hydroxylation is 1. The topological polar surface area (TPSA) is 50.6 Å². The first-order valence-electron chi connectivity index (χ1n) is 9.29. The van der Waals surface area contributed by atoms with Gasteiger partial charge in [-0.25, -0.2) is 0 Å². The highest BCUT2D eigenvalue weighted by Gasteiger charge is 2.24. The van der Waals surface area contributed by atoms with Gasteiger partial charge in [-0.1, -0.05) is 18.2 Å². The average Bonchev–Trinajstić information content (AvgIpc) is 3.15. The summed E-state index contributed by atoms with van der Waals surface area (Å²) in [7, 11) is 1.83. The Balaban J connectivity index is 1.92. The monoisotopic (exact) mass is 356 g/mol. The Morgan fingerprint density at radius 1 is 1.31 bits per heavy atom. The molecule has 1 aromatic carbocycles. The Morgan fingerprint density at radius 3 is 2.69 bits per heavy atom. The molecule has 0 radical (unpaired) electrons. The summed E-state index contributed by atoms with van der Waals surface area (Å²) in [6.07, 6.45) is 6.05. The van der Waals surface area contributed by atoms with Gasteiger partial charge in [0, 0.05) is 58.2 Å². The highest BCUT2D eigenvalue weighted by atomic mass is 16.5. The van der Waals surface area contributed by atoms with Gasteiger partial charge in [-0.05, 0) is 31.4 Å². The molecule has 1 aliphatic heterocycles. The zero-order chi connectivity index (χ0) is 18.5. The molecular weight excluding hydrogens is 328 g/mol. The molecule has 1 aromatic heterocycles. The van der Waals surface area contributed by atoms with Gasteiger partial charge in [-0.2, -0.15) is 5.10 Å². The largest absolute Gasteiger partial charge is 0.381 e. The molecule has 0 atom stereocenters. The predicted octanol–water partition coefficient (Wildman–Crippen LogP) is 3.07. The van der Waals surface area contributed by atoms with Crippen molar-refractivity contribution in [2.75, 3.05) is 30.1 Å². The fourth-order valence-electron chi connectivity index (χ4n) is 3.43. The molecule has 26 heavy (non-hydrogen) atoms. The molecular formula is C20H28N4O2. The number of nitrogens with zero attached hydrogens (tertiary/aromatic N) is 4. The maximum Gasteiger partial charge on any atom is 0.223 e. The Labute approximate surface area is 155 Å². The molecule has 0 bridgehead atoms. The number of ether oxygens (including phenoxy) is 1. The maximum absolute atomic E-state index is 11.9. The summed E-state index contributed by atoms with van der Waals surface area (Å²) < 4.78 is 7.51. The van der Waals surface area contributed by atoms with E-state index in [0.29, 0.717) is 6.04 Å². The Hall–Kier alpha value is -2.34. The van der Waals surface area contributed by atoms with Gasteiger partial charge in [0.2, 0.25) is 5.91 Å². The van der Waals surface area contributed by atoms with Crippen LogP contribution in [-0.4, -0.2) is 42.0 Å². The van der Waals surface area contributed by atoms with E-state index in [0.717, 1.165) is 56.1 Å². The van der Waals surface area contributed by atoms with Crippen LogP contribution in [0.5, 0.6) is 0 Å². The lowest BCUT2D eigenvalue weighted by molar-refractivity contribution is -0.116. The SMILES string of the molecule is CCn1cc(N(Cc2ccccc2N(C)C(C)=O)C2CCOCC2)cn1. The first kappa shape index (κ1) is 18.5. The summed E-state index contributed by atoms with van der Waals surface area (Å²) in [5, 5.41) is 4.46. The molecule has 3 rings (SSSR count). The minimum Gasteiger partial charge on any atom is -0.381 e. The zero-order valence-corrected chi connectivity index (χ0v) is 15.9. The lowest BCUT2D eigenvalue weighted by Crippen LogP contribution is -2.39. The molecule has 0 aliphatic carbocycles. The highest BCUT2D eigenvalue weighted by Crippen LogP contribution is 2.28. The number of benzene rings is 1. The van der Waals surface area contributed by atoms with Crippen LogP contribution in [0.3, 0.4) is 0 Å². The van der Waals surface area contributed by atoms with E-state index in [1.165, 1.54) is 0 Å². The molecule has 1 aliphatic rings. The van der Waals surface area contributed by atoms with Crippen molar-refractivity contribution in [2.24, 2.45) is 0 Å². The third-order valence-electron chi connectivity index (χ3n) is 5.07. The second-order valence-corrected chi connectivity index (χ2v) is 6.73. The molecule has 0 N–H and O–H groups in total. The van der Waals surface area contributed by atoms with Crippen LogP contribution in [-0.2, 0) is 22.6 Å². The van der Waals surface area contributed by atoms with E-state index in [4.69, 9.17) is 4.74 Å². The van der Waals surface area contributed by atoms with Crippen molar-refractivity contribution in [3.63, 3.8) is 0 Å². The summed E-state index contributed by atoms with van der Waals surface area (Å²) >= 11 is 0. The van der Waals surface area contributed by atoms with Crippen molar-refractivity contribution < 1.29 is 9.53 Å². The normalized spacial score (nSPS) is 15.0. The van der Waals surface area contributed by atoms with E-state index in [2.05, 4.69) is 29.2 Å². The second kappa shape index (κ2) is 8.36. The van der Waals surface area contributed by atoms with E-state index in [9.17, 15) is 4.79 Å². The molecule has 140 valence electrons. The smallest absolute Gasteiger partial charge is 0.223 e. The maximum atomic E-state index is 11.9. The standard InChI is InChI=1S/C20H28N4O2/c1-4-23-15-19(13-21-23)24(18-9-11-26-12-10-18)14-17-7-5-6-8-20(17)22(3)16(2)25/h5-8,13,15,18H,4,9-12,14H2,1-3H3. The Kier molecular flexibility index (Phi) is 5.93. The lowest BCUT2D eigenvalue weighted by atomic mass is 10.0. The van der Waals surface area contributed by atoms with E-state index < -0.39 is 0 Å². The predicted molar refractivity (Wildman–Crippen MR) is 103 cm³/mol. The molecule has 6 heteroatoms. The molecule has 2 heterocycles. The van der Waals surface area contributed by atoms with Crippen LogP contribution in [0.2, 0.25) is 0 Å². The molecule has 1 saturated heterocycles. The number of amides is 1. The van der Waals surface area contributed by atoms with Crippen molar-refractivity contribution in [2.45, 2.75) is 45.8 Å². The van der Waals surface area contributed by atoms with E-state index in [1.54, 1.807) is 11.8 Å². The first-order chi connectivity index (χ1) is 12.6. The summed E-state index contributed by atoms with van der Waals surface area (Å²) in [4.78, 5) is 16.0. The molecule has 2 aromatic rings. The van der Waals surface area contributed by atoms with Crippen LogP contribution in [0.15, 0.2) is 36.7 Å². The third kappa shape index (κ3) is 4.07. The van der Waals surface area contributed by atoms with Crippen molar-refractivity contribution in [3.8, 4) is 0 Å². The van der Waals surface area contributed by atoms with Gasteiger partial charge in [-0.3, -0.25) is 9.48 Å². The summed E-state index contributed by atoms with van der Waals surface area (Å²) in [6, 6.07) is 8.53. The average molecular weight is 356 g/mol. The molecule has 1 amide bonds. The molecule has 0 spiro atoms. The van der Waals surface area contributed by atoms with Gasteiger partial charge in [-0.15, -0.1) is 0 Å². The molecule has 0 unspecified atom stereocenters. The molecule has 6 nitrogen and oxygen atoms in total. The van der Waals surface area contributed by atoms with E-state index in [1.807, 2.05) is 36.1 Å². The van der Waals surface area contributed by atoms with Crippen molar-refractivity contribution in [1.29, 1.82) is 0 Å². The van der Waals surface area contributed by atoms with Gasteiger partial charge in [0.15, 0.2) is 0 Å². The molecule has 1 fully saturated rings. The number of rotatable bonds is 6. The molecule has 0 saturated carbocycles. The second-order valence-electron chi connectivity index (χ2n) is 6.73. The van der Waals surface area contributed by atoms with Crippen molar-refractivity contribution in [1.82, 2.24) is 9.78 Å². The number of carbonyl (C=O) groups excluding carboxylic acids is 1.